The number of hydrogen-bond acceptors (Lipinski definition) is 2. The zero-order valence-electron chi connectivity index (χ0n) is 10.9. The molecule has 3 nitrogen and oxygen atoms in total. The fourth-order valence-corrected chi connectivity index (χ4v) is 2.09. The molecule has 0 amide bonds. The van der Waals surface area contributed by atoms with Crippen LogP contribution in [0, 0.1) is 5.92 Å². The molecular formula is C14H20N2O. The number of hydrogen-bond donors (Lipinski definition) is 1. The Bertz CT molecular complexity index is 520. The second kappa shape index (κ2) is 4.15. The summed E-state index contributed by atoms with van der Waals surface area (Å²) in [5.74, 6) is 1.26. The average molecular weight is 232 g/mol. The lowest BCUT2D eigenvalue weighted by molar-refractivity contribution is 0.0646. The van der Waals surface area contributed by atoms with Gasteiger partial charge in [0.15, 0.2) is 0 Å². The minimum Gasteiger partial charge on any atom is -0.383 e. The highest BCUT2D eigenvalue weighted by Crippen LogP contribution is 2.25. The fourth-order valence-electron chi connectivity index (χ4n) is 2.09. The van der Waals surface area contributed by atoms with Gasteiger partial charge in [0.1, 0.15) is 11.4 Å². The van der Waals surface area contributed by atoms with Crippen molar-refractivity contribution in [2.75, 3.05) is 0 Å². The van der Waals surface area contributed by atoms with Crippen molar-refractivity contribution in [1.29, 1.82) is 0 Å². The van der Waals surface area contributed by atoms with E-state index < -0.39 is 5.60 Å². The van der Waals surface area contributed by atoms with E-state index in [1.165, 1.54) is 0 Å². The van der Waals surface area contributed by atoms with Gasteiger partial charge in [-0.15, -0.1) is 0 Å². The standard InChI is InChI=1S/C14H20N2O/c1-10(2)9-16-12-8-6-5-7-11(12)15-13(16)14(3,4)17/h5-8,10,17H,9H2,1-4H3. The molecule has 0 atom stereocenters. The van der Waals surface area contributed by atoms with Crippen LogP contribution in [0.1, 0.15) is 33.5 Å². The van der Waals surface area contributed by atoms with Crippen LogP contribution < -0.4 is 0 Å². The van der Waals surface area contributed by atoms with Crippen molar-refractivity contribution in [3.8, 4) is 0 Å². The predicted octanol–water partition coefficient (Wildman–Crippen LogP) is 2.92. The van der Waals surface area contributed by atoms with E-state index in [2.05, 4.69) is 29.5 Å². The summed E-state index contributed by atoms with van der Waals surface area (Å²) in [6.45, 7) is 8.78. The number of nitrogens with zero attached hydrogens (tertiary/aromatic N) is 2. The van der Waals surface area contributed by atoms with Gasteiger partial charge in [0.25, 0.3) is 0 Å². The molecule has 0 saturated heterocycles. The largest absolute Gasteiger partial charge is 0.383 e. The lowest BCUT2D eigenvalue weighted by Crippen LogP contribution is -2.23. The molecule has 2 aromatic rings. The highest BCUT2D eigenvalue weighted by molar-refractivity contribution is 5.76. The summed E-state index contributed by atoms with van der Waals surface area (Å²) in [5, 5.41) is 10.2. The molecule has 0 saturated carbocycles. The van der Waals surface area contributed by atoms with Gasteiger partial charge in [-0.2, -0.15) is 0 Å². The van der Waals surface area contributed by atoms with Crippen LogP contribution in [0.3, 0.4) is 0 Å². The summed E-state index contributed by atoms with van der Waals surface area (Å²) in [6, 6.07) is 8.03. The molecule has 0 bridgehead atoms. The van der Waals surface area contributed by atoms with E-state index in [0.717, 1.165) is 23.4 Å². The molecule has 0 aliphatic carbocycles. The van der Waals surface area contributed by atoms with Crippen molar-refractivity contribution in [1.82, 2.24) is 9.55 Å². The van der Waals surface area contributed by atoms with Gasteiger partial charge in [0, 0.05) is 6.54 Å². The molecule has 0 aliphatic heterocycles. The zero-order chi connectivity index (χ0) is 12.6. The molecule has 17 heavy (non-hydrogen) atoms. The molecule has 0 aliphatic rings. The molecule has 0 unspecified atom stereocenters. The normalized spacial score (nSPS) is 12.6. The Hall–Kier alpha value is -1.35. The average Bonchev–Trinajstić information content (AvgIpc) is 2.56. The lowest BCUT2D eigenvalue weighted by atomic mass is 10.1. The quantitative estimate of drug-likeness (QED) is 0.883. The van der Waals surface area contributed by atoms with Gasteiger partial charge < -0.3 is 9.67 Å². The van der Waals surface area contributed by atoms with Gasteiger partial charge in [-0.25, -0.2) is 4.98 Å². The number of imidazole rings is 1. The summed E-state index contributed by atoms with van der Waals surface area (Å²) in [4.78, 5) is 4.55. The fraction of sp³-hybridized carbons (Fsp3) is 0.500. The minimum atomic E-state index is -0.909. The second-order valence-corrected chi connectivity index (χ2v) is 5.49. The van der Waals surface area contributed by atoms with Gasteiger partial charge in [0.2, 0.25) is 0 Å². The van der Waals surface area contributed by atoms with E-state index in [4.69, 9.17) is 0 Å². The molecule has 1 aromatic carbocycles. The van der Waals surface area contributed by atoms with E-state index in [-0.39, 0.29) is 0 Å². The third-order valence-corrected chi connectivity index (χ3v) is 2.75. The summed E-state index contributed by atoms with van der Waals surface area (Å²) < 4.78 is 2.12. The van der Waals surface area contributed by atoms with Crippen LogP contribution in [0.5, 0.6) is 0 Å². The van der Waals surface area contributed by atoms with Crippen LogP contribution in [-0.4, -0.2) is 14.7 Å². The van der Waals surface area contributed by atoms with Crippen LogP contribution in [-0.2, 0) is 12.1 Å². The SMILES string of the molecule is CC(C)Cn1c(C(C)(C)O)nc2ccccc21. The molecule has 0 spiro atoms. The molecule has 3 heteroatoms. The van der Waals surface area contributed by atoms with E-state index in [0.29, 0.717) is 5.92 Å². The first kappa shape index (κ1) is 12.1. The van der Waals surface area contributed by atoms with Gasteiger partial charge in [-0.3, -0.25) is 0 Å². The Kier molecular flexibility index (Phi) is 2.96. The summed E-state index contributed by atoms with van der Waals surface area (Å²) >= 11 is 0. The second-order valence-electron chi connectivity index (χ2n) is 5.49. The van der Waals surface area contributed by atoms with Crippen LogP contribution in [0.25, 0.3) is 11.0 Å². The Morgan fingerprint density at radius 3 is 2.53 bits per heavy atom. The smallest absolute Gasteiger partial charge is 0.141 e. The molecule has 1 aromatic heterocycles. The molecule has 1 N–H and O–H groups in total. The Morgan fingerprint density at radius 1 is 1.29 bits per heavy atom. The van der Waals surface area contributed by atoms with Gasteiger partial charge in [0.05, 0.1) is 11.0 Å². The highest BCUT2D eigenvalue weighted by atomic mass is 16.3. The first-order valence-electron chi connectivity index (χ1n) is 6.07. The van der Waals surface area contributed by atoms with Crippen molar-refractivity contribution in [3.63, 3.8) is 0 Å². The van der Waals surface area contributed by atoms with Crippen molar-refractivity contribution < 1.29 is 5.11 Å². The van der Waals surface area contributed by atoms with E-state index in [1.807, 2.05) is 18.2 Å². The van der Waals surface area contributed by atoms with Crippen molar-refractivity contribution >= 4 is 11.0 Å². The number of aromatic nitrogens is 2. The molecule has 1 heterocycles. The lowest BCUT2D eigenvalue weighted by Gasteiger charge is -2.20. The minimum absolute atomic E-state index is 0.522. The predicted molar refractivity (Wildman–Crippen MR) is 69.8 cm³/mol. The monoisotopic (exact) mass is 232 g/mol. The van der Waals surface area contributed by atoms with Crippen molar-refractivity contribution in [2.24, 2.45) is 5.92 Å². The topological polar surface area (TPSA) is 38.0 Å². The summed E-state index contributed by atoms with van der Waals surface area (Å²) in [7, 11) is 0. The van der Waals surface area contributed by atoms with E-state index in [1.54, 1.807) is 13.8 Å². The summed E-state index contributed by atoms with van der Waals surface area (Å²) in [6.07, 6.45) is 0. The number of para-hydroxylation sites is 2. The van der Waals surface area contributed by atoms with Gasteiger partial charge in [-0.1, -0.05) is 26.0 Å². The molecule has 0 radical (unpaired) electrons. The third-order valence-electron chi connectivity index (χ3n) is 2.75. The third kappa shape index (κ3) is 2.34. The number of benzene rings is 1. The van der Waals surface area contributed by atoms with Gasteiger partial charge >= 0.3 is 0 Å². The first-order valence-corrected chi connectivity index (χ1v) is 6.07. The zero-order valence-corrected chi connectivity index (χ0v) is 10.9. The van der Waals surface area contributed by atoms with Crippen molar-refractivity contribution in [3.05, 3.63) is 30.1 Å². The Labute approximate surface area is 102 Å². The molecule has 92 valence electrons. The number of fused-ring (bicyclic) bond motifs is 1. The maximum Gasteiger partial charge on any atom is 0.141 e. The summed E-state index contributed by atoms with van der Waals surface area (Å²) in [5.41, 5.74) is 1.14. The van der Waals surface area contributed by atoms with Crippen LogP contribution in [0.15, 0.2) is 24.3 Å². The first-order chi connectivity index (χ1) is 7.89. The Morgan fingerprint density at radius 2 is 1.94 bits per heavy atom. The van der Waals surface area contributed by atoms with E-state index in [9.17, 15) is 5.11 Å². The highest BCUT2D eigenvalue weighted by Gasteiger charge is 2.24. The number of aliphatic hydroxyl groups is 1. The maximum atomic E-state index is 10.2. The molecule has 0 fully saturated rings. The number of rotatable bonds is 3. The van der Waals surface area contributed by atoms with Crippen molar-refractivity contribution in [2.45, 2.75) is 39.8 Å². The van der Waals surface area contributed by atoms with Crippen LogP contribution in [0.4, 0.5) is 0 Å². The molecular weight excluding hydrogens is 212 g/mol. The van der Waals surface area contributed by atoms with E-state index >= 15 is 0 Å². The Balaban J connectivity index is 2.65. The molecule has 2 rings (SSSR count). The van der Waals surface area contributed by atoms with Crippen LogP contribution in [0.2, 0.25) is 0 Å². The van der Waals surface area contributed by atoms with Gasteiger partial charge in [-0.05, 0) is 31.9 Å². The maximum absolute atomic E-state index is 10.2. The van der Waals surface area contributed by atoms with Crippen LogP contribution >= 0.6 is 0 Å².